The van der Waals surface area contributed by atoms with Crippen LogP contribution in [0.25, 0.3) is 0 Å². The van der Waals surface area contributed by atoms with Gasteiger partial charge in [-0.25, -0.2) is 0 Å². The fourth-order valence-corrected chi connectivity index (χ4v) is 3.66. The second-order valence-corrected chi connectivity index (χ2v) is 6.90. The van der Waals surface area contributed by atoms with Crippen LogP contribution in [-0.4, -0.2) is 64.4 Å². The highest BCUT2D eigenvalue weighted by atomic mass is 16.5. The summed E-state index contributed by atoms with van der Waals surface area (Å²) in [6, 6.07) is 12.3. The van der Waals surface area contributed by atoms with Crippen LogP contribution >= 0.6 is 0 Å². The lowest BCUT2D eigenvalue weighted by Gasteiger charge is -2.35. The zero-order chi connectivity index (χ0) is 19.9. The Morgan fingerprint density at radius 2 is 1.21 bits per heavy atom. The third-order valence-electron chi connectivity index (χ3n) is 5.18. The molecule has 6 heteroatoms. The van der Waals surface area contributed by atoms with Crippen molar-refractivity contribution >= 4 is 0 Å². The standard InChI is InChI=1S/C22H30N2O4/c1-25-19-8-6-5-7-18(19)16-24-11-9-23(10-12-24)15-17-13-20(26-2)22(28-4)21(14-17)27-3/h5-8,13-14H,9-12,15-16H2,1-4H3. The van der Waals surface area contributed by atoms with Gasteiger partial charge >= 0.3 is 0 Å². The predicted molar refractivity (Wildman–Crippen MR) is 110 cm³/mol. The zero-order valence-corrected chi connectivity index (χ0v) is 17.2. The molecule has 0 unspecified atom stereocenters. The molecule has 2 aromatic carbocycles. The van der Waals surface area contributed by atoms with Crippen molar-refractivity contribution < 1.29 is 18.9 Å². The average molecular weight is 386 g/mol. The lowest BCUT2D eigenvalue weighted by Crippen LogP contribution is -2.45. The smallest absolute Gasteiger partial charge is 0.203 e. The number of rotatable bonds is 8. The molecule has 0 aromatic heterocycles. The minimum absolute atomic E-state index is 0.635. The summed E-state index contributed by atoms with van der Waals surface area (Å²) in [7, 11) is 6.66. The summed E-state index contributed by atoms with van der Waals surface area (Å²) < 4.78 is 21.8. The van der Waals surface area contributed by atoms with Crippen molar-refractivity contribution in [3.63, 3.8) is 0 Å². The van der Waals surface area contributed by atoms with Gasteiger partial charge in [0.2, 0.25) is 5.75 Å². The lowest BCUT2D eigenvalue weighted by atomic mass is 10.1. The third-order valence-corrected chi connectivity index (χ3v) is 5.18. The van der Waals surface area contributed by atoms with Crippen molar-refractivity contribution in [3.05, 3.63) is 47.5 Å². The summed E-state index contributed by atoms with van der Waals surface area (Å²) in [5, 5.41) is 0. The number of para-hydroxylation sites is 1. The summed E-state index contributed by atoms with van der Waals surface area (Å²) in [5.74, 6) is 3.00. The first-order valence-corrected chi connectivity index (χ1v) is 9.54. The maximum Gasteiger partial charge on any atom is 0.203 e. The van der Waals surface area contributed by atoms with Gasteiger partial charge in [-0.1, -0.05) is 18.2 Å². The highest BCUT2D eigenvalue weighted by Gasteiger charge is 2.20. The first-order chi connectivity index (χ1) is 13.7. The van der Waals surface area contributed by atoms with Crippen molar-refractivity contribution in [3.8, 4) is 23.0 Å². The lowest BCUT2D eigenvalue weighted by molar-refractivity contribution is 0.121. The summed E-state index contributed by atoms with van der Waals surface area (Å²) in [4.78, 5) is 4.93. The number of hydrogen-bond donors (Lipinski definition) is 0. The molecule has 0 atom stereocenters. The van der Waals surface area contributed by atoms with Gasteiger partial charge in [0.1, 0.15) is 5.75 Å². The highest BCUT2D eigenvalue weighted by molar-refractivity contribution is 5.53. The average Bonchev–Trinajstić information content (AvgIpc) is 2.74. The normalized spacial score (nSPS) is 15.3. The highest BCUT2D eigenvalue weighted by Crippen LogP contribution is 2.38. The van der Waals surface area contributed by atoms with Crippen LogP contribution in [0.2, 0.25) is 0 Å². The van der Waals surface area contributed by atoms with Gasteiger partial charge in [0, 0.05) is 44.8 Å². The Bertz CT molecular complexity index is 748. The van der Waals surface area contributed by atoms with Crippen molar-refractivity contribution in [1.82, 2.24) is 9.80 Å². The molecule has 0 saturated carbocycles. The Hall–Kier alpha value is -2.44. The maximum atomic E-state index is 5.48. The first kappa shape index (κ1) is 20.3. The molecule has 1 aliphatic heterocycles. The Kier molecular flexibility index (Phi) is 7.01. The Balaban J connectivity index is 1.60. The van der Waals surface area contributed by atoms with Gasteiger partial charge < -0.3 is 18.9 Å². The third kappa shape index (κ3) is 4.69. The molecule has 2 aromatic rings. The minimum atomic E-state index is 0.635. The number of piperazine rings is 1. The molecule has 6 nitrogen and oxygen atoms in total. The fourth-order valence-electron chi connectivity index (χ4n) is 3.66. The van der Waals surface area contributed by atoms with Crippen LogP contribution in [0.15, 0.2) is 36.4 Å². The van der Waals surface area contributed by atoms with E-state index < -0.39 is 0 Å². The van der Waals surface area contributed by atoms with Gasteiger partial charge in [0.15, 0.2) is 11.5 Å². The number of benzene rings is 2. The van der Waals surface area contributed by atoms with E-state index in [-0.39, 0.29) is 0 Å². The molecule has 0 radical (unpaired) electrons. The van der Waals surface area contributed by atoms with Crippen LogP contribution in [0.5, 0.6) is 23.0 Å². The summed E-state index contributed by atoms with van der Waals surface area (Å²) in [5.41, 5.74) is 2.40. The summed E-state index contributed by atoms with van der Waals surface area (Å²) in [6.45, 7) is 5.88. The minimum Gasteiger partial charge on any atom is -0.496 e. The topological polar surface area (TPSA) is 43.4 Å². The largest absolute Gasteiger partial charge is 0.496 e. The summed E-state index contributed by atoms with van der Waals surface area (Å²) >= 11 is 0. The van der Waals surface area contributed by atoms with E-state index in [9.17, 15) is 0 Å². The maximum absolute atomic E-state index is 5.48. The molecule has 1 saturated heterocycles. The van der Waals surface area contributed by atoms with E-state index in [4.69, 9.17) is 18.9 Å². The Morgan fingerprint density at radius 3 is 1.75 bits per heavy atom. The Labute approximate surface area is 167 Å². The van der Waals surface area contributed by atoms with Crippen LogP contribution in [0.1, 0.15) is 11.1 Å². The number of hydrogen-bond acceptors (Lipinski definition) is 6. The first-order valence-electron chi connectivity index (χ1n) is 9.54. The van der Waals surface area contributed by atoms with Crippen LogP contribution in [0, 0.1) is 0 Å². The van der Waals surface area contributed by atoms with E-state index in [1.54, 1.807) is 28.4 Å². The van der Waals surface area contributed by atoms with Gasteiger partial charge in [0.05, 0.1) is 28.4 Å². The van der Waals surface area contributed by atoms with Gasteiger partial charge in [-0.3, -0.25) is 9.80 Å². The molecule has 0 bridgehead atoms. The SMILES string of the molecule is COc1ccccc1CN1CCN(Cc2cc(OC)c(OC)c(OC)c2)CC1. The molecule has 0 spiro atoms. The number of methoxy groups -OCH3 is 4. The molecule has 0 aliphatic carbocycles. The Morgan fingerprint density at radius 1 is 0.679 bits per heavy atom. The van der Waals surface area contributed by atoms with E-state index >= 15 is 0 Å². The van der Waals surface area contributed by atoms with Crippen molar-refractivity contribution in [2.45, 2.75) is 13.1 Å². The molecule has 1 fully saturated rings. The van der Waals surface area contributed by atoms with Crippen LogP contribution in [-0.2, 0) is 13.1 Å². The molecule has 1 heterocycles. The van der Waals surface area contributed by atoms with E-state index in [1.807, 2.05) is 24.3 Å². The van der Waals surface area contributed by atoms with E-state index in [0.717, 1.165) is 50.6 Å². The molecule has 0 amide bonds. The zero-order valence-electron chi connectivity index (χ0n) is 17.2. The van der Waals surface area contributed by atoms with Gasteiger partial charge in [0.25, 0.3) is 0 Å². The predicted octanol–water partition coefficient (Wildman–Crippen LogP) is 3.04. The van der Waals surface area contributed by atoms with Crippen molar-refractivity contribution in [2.24, 2.45) is 0 Å². The molecule has 3 rings (SSSR count). The van der Waals surface area contributed by atoms with Gasteiger partial charge in [-0.05, 0) is 23.8 Å². The molecular formula is C22H30N2O4. The monoisotopic (exact) mass is 386 g/mol. The molecule has 0 N–H and O–H groups in total. The van der Waals surface area contributed by atoms with Gasteiger partial charge in [-0.15, -0.1) is 0 Å². The molecule has 28 heavy (non-hydrogen) atoms. The van der Waals surface area contributed by atoms with Gasteiger partial charge in [-0.2, -0.15) is 0 Å². The number of nitrogens with zero attached hydrogens (tertiary/aromatic N) is 2. The van der Waals surface area contributed by atoms with Crippen LogP contribution in [0.3, 0.4) is 0 Å². The van der Waals surface area contributed by atoms with Crippen molar-refractivity contribution in [1.29, 1.82) is 0 Å². The second-order valence-electron chi connectivity index (χ2n) is 6.90. The molecule has 1 aliphatic rings. The van der Waals surface area contributed by atoms with E-state index in [1.165, 1.54) is 5.56 Å². The van der Waals surface area contributed by atoms with Crippen LogP contribution in [0.4, 0.5) is 0 Å². The van der Waals surface area contributed by atoms with Crippen LogP contribution < -0.4 is 18.9 Å². The van der Waals surface area contributed by atoms with E-state index in [0.29, 0.717) is 17.2 Å². The summed E-state index contributed by atoms with van der Waals surface area (Å²) in [6.07, 6.45) is 0. The fraction of sp³-hybridized carbons (Fsp3) is 0.455. The van der Waals surface area contributed by atoms with E-state index in [2.05, 4.69) is 21.9 Å². The molecule has 152 valence electrons. The van der Waals surface area contributed by atoms with Crippen molar-refractivity contribution in [2.75, 3.05) is 54.6 Å². The quantitative estimate of drug-likeness (QED) is 0.695. The number of ether oxygens (including phenoxy) is 4. The molecular weight excluding hydrogens is 356 g/mol. The second kappa shape index (κ2) is 9.66.